The average Bonchev–Trinajstić information content (AvgIpc) is 2.23. The van der Waals surface area contributed by atoms with Gasteiger partial charge in [-0.25, -0.2) is 13.2 Å². The zero-order valence-electron chi connectivity index (χ0n) is 7.53. The van der Waals surface area contributed by atoms with Crippen LogP contribution in [0.2, 0.25) is 0 Å². The molecule has 6 heteroatoms. The van der Waals surface area contributed by atoms with E-state index < -0.39 is 34.3 Å². The van der Waals surface area contributed by atoms with Gasteiger partial charge < -0.3 is 5.32 Å². The Morgan fingerprint density at radius 2 is 1.40 bits per heavy atom. The molecule has 0 aromatic heterocycles. The third kappa shape index (κ3) is 1.46. The molecular weight excluding hydrogens is 207 g/mol. The molecule has 0 atom stereocenters. The molecule has 1 rings (SSSR count). The summed E-state index contributed by atoms with van der Waals surface area (Å²) in [4.78, 5) is 0. The highest BCUT2D eigenvalue weighted by Crippen LogP contribution is 2.27. The monoisotopic (exact) mass is 211 g/mol. The molecule has 15 heavy (non-hydrogen) atoms. The lowest BCUT2D eigenvalue weighted by atomic mass is 10.1. The van der Waals surface area contributed by atoms with Crippen LogP contribution in [0.1, 0.15) is 11.1 Å². The minimum Gasteiger partial charge on any atom is -0.385 e. The van der Waals surface area contributed by atoms with Crippen LogP contribution in [-0.2, 0) is 0 Å². The van der Waals surface area contributed by atoms with Crippen LogP contribution in [0.5, 0.6) is 0 Å². The fourth-order valence-corrected chi connectivity index (χ4v) is 1.10. The fourth-order valence-electron chi connectivity index (χ4n) is 1.10. The highest BCUT2D eigenvalue weighted by molar-refractivity contribution is 5.62. The topological polar surface area (TPSA) is 59.6 Å². The molecule has 76 valence electrons. The fraction of sp³-hybridized carbons (Fsp3) is 0.111. The molecule has 0 saturated carbocycles. The third-order valence-electron chi connectivity index (χ3n) is 1.79. The molecule has 0 aliphatic heterocycles. The highest BCUT2D eigenvalue weighted by Gasteiger charge is 2.24. The van der Waals surface area contributed by atoms with Gasteiger partial charge in [-0.05, 0) is 0 Å². The van der Waals surface area contributed by atoms with Crippen molar-refractivity contribution in [2.75, 3.05) is 12.4 Å². The second-order valence-electron chi connectivity index (χ2n) is 2.54. The number of halogens is 3. The molecule has 1 aromatic carbocycles. The zero-order chi connectivity index (χ0) is 11.6. The Morgan fingerprint density at radius 1 is 0.933 bits per heavy atom. The Hall–Kier alpha value is -2.21. The molecule has 0 unspecified atom stereocenters. The van der Waals surface area contributed by atoms with Gasteiger partial charge in [-0.15, -0.1) is 0 Å². The van der Waals surface area contributed by atoms with Crippen molar-refractivity contribution >= 4 is 5.69 Å². The first-order chi connectivity index (χ1) is 7.08. The summed E-state index contributed by atoms with van der Waals surface area (Å²) in [6.45, 7) is 0. The summed E-state index contributed by atoms with van der Waals surface area (Å²) in [6.07, 6.45) is 0. The summed E-state index contributed by atoms with van der Waals surface area (Å²) in [7, 11) is 1.23. The van der Waals surface area contributed by atoms with Gasteiger partial charge in [0.15, 0.2) is 17.5 Å². The van der Waals surface area contributed by atoms with Crippen molar-refractivity contribution in [3.05, 3.63) is 28.6 Å². The standard InChI is InChI=1S/C9H4F3N3/c1-15-9-5(3-14)7(11)6(10)4(2-13)8(9)12/h15H,1H3. The van der Waals surface area contributed by atoms with Gasteiger partial charge in [0.2, 0.25) is 0 Å². The van der Waals surface area contributed by atoms with Crippen LogP contribution >= 0.6 is 0 Å². The van der Waals surface area contributed by atoms with E-state index in [-0.39, 0.29) is 0 Å². The van der Waals surface area contributed by atoms with Crippen molar-refractivity contribution < 1.29 is 13.2 Å². The maximum atomic E-state index is 13.3. The van der Waals surface area contributed by atoms with E-state index in [4.69, 9.17) is 10.5 Å². The van der Waals surface area contributed by atoms with Gasteiger partial charge in [0, 0.05) is 7.05 Å². The zero-order valence-corrected chi connectivity index (χ0v) is 7.53. The summed E-state index contributed by atoms with van der Waals surface area (Å²) in [5.41, 5.74) is -2.35. The maximum Gasteiger partial charge on any atom is 0.181 e. The predicted octanol–water partition coefficient (Wildman–Crippen LogP) is 1.89. The van der Waals surface area contributed by atoms with Crippen LogP contribution in [0.4, 0.5) is 18.9 Å². The highest BCUT2D eigenvalue weighted by atomic mass is 19.2. The number of nitrogens with one attached hydrogen (secondary N) is 1. The van der Waals surface area contributed by atoms with E-state index >= 15 is 0 Å². The van der Waals surface area contributed by atoms with Gasteiger partial charge in [0.05, 0.1) is 5.69 Å². The maximum absolute atomic E-state index is 13.3. The van der Waals surface area contributed by atoms with Gasteiger partial charge in [-0.1, -0.05) is 0 Å². The van der Waals surface area contributed by atoms with E-state index in [0.29, 0.717) is 0 Å². The average molecular weight is 211 g/mol. The van der Waals surface area contributed by atoms with E-state index in [9.17, 15) is 13.2 Å². The van der Waals surface area contributed by atoms with Gasteiger partial charge in [0.25, 0.3) is 0 Å². The Kier molecular flexibility index (Phi) is 2.82. The Labute approximate surface area is 83.4 Å². The number of hydrogen-bond donors (Lipinski definition) is 1. The van der Waals surface area contributed by atoms with Crippen molar-refractivity contribution in [3.8, 4) is 12.1 Å². The van der Waals surface area contributed by atoms with Crippen molar-refractivity contribution in [3.63, 3.8) is 0 Å². The second-order valence-corrected chi connectivity index (χ2v) is 2.54. The molecule has 1 aromatic rings. The number of nitriles is 2. The first-order valence-corrected chi connectivity index (χ1v) is 3.76. The molecule has 0 fully saturated rings. The number of benzene rings is 1. The van der Waals surface area contributed by atoms with Crippen LogP contribution in [0.3, 0.4) is 0 Å². The van der Waals surface area contributed by atoms with Crippen LogP contribution in [0.15, 0.2) is 0 Å². The Morgan fingerprint density at radius 3 is 1.80 bits per heavy atom. The lowest BCUT2D eigenvalue weighted by molar-refractivity contribution is 0.490. The van der Waals surface area contributed by atoms with Crippen LogP contribution in [0, 0.1) is 40.1 Å². The molecule has 0 amide bonds. The summed E-state index contributed by atoms with van der Waals surface area (Å²) >= 11 is 0. The summed E-state index contributed by atoms with van der Waals surface area (Å²) in [5, 5.41) is 19.1. The number of nitrogens with zero attached hydrogens (tertiary/aromatic N) is 2. The molecular formula is C9H4F3N3. The van der Waals surface area contributed by atoms with Gasteiger partial charge in [-0.3, -0.25) is 0 Å². The van der Waals surface area contributed by atoms with Crippen molar-refractivity contribution in [1.82, 2.24) is 0 Å². The Balaban J connectivity index is 3.77. The minimum absolute atomic E-state index is 0.520. The summed E-state index contributed by atoms with van der Waals surface area (Å²) < 4.78 is 39.5. The molecule has 0 aliphatic rings. The normalized spacial score (nSPS) is 9.20. The van der Waals surface area contributed by atoms with Gasteiger partial charge in [-0.2, -0.15) is 10.5 Å². The van der Waals surface area contributed by atoms with E-state index in [1.807, 2.05) is 0 Å². The molecule has 0 radical (unpaired) electrons. The largest absolute Gasteiger partial charge is 0.385 e. The van der Waals surface area contributed by atoms with Crippen LogP contribution in [0.25, 0.3) is 0 Å². The molecule has 0 saturated heterocycles. The minimum atomic E-state index is -1.65. The van der Waals surface area contributed by atoms with Crippen molar-refractivity contribution in [2.24, 2.45) is 0 Å². The van der Waals surface area contributed by atoms with Crippen LogP contribution in [-0.4, -0.2) is 7.05 Å². The molecule has 0 bridgehead atoms. The number of rotatable bonds is 1. The van der Waals surface area contributed by atoms with E-state index in [0.717, 1.165) is 0 Å². The Bertz CT molecular complexity index is 497. The first kappa shape index (κ1) is 10.9. The van der Waals surface area contributed by atoms with Gasteiger partial charge >= 0.3 is 0 Å². The van der Waals surface area contributed by atoms with Crippen molar-refractivity contribution in [1.29, 1.82) is 10.5 Å². The molecule has 0 aliphatic carbocycles. The first-order valence-electron chi connectivity index (χ1n) is 3.76. The molecule has 0 heterocycles. The van der Waals surface area contributed by atoms with E-state index in [1.165, 1.54) is 19.2 Å². The lowest BCUT2D eigenvalue weighted by Gasteiger charge is -2.07. The van der Waals surface area contributed by atoms with Crippen LogP contribution < -0.4 is 5.32 Å². The van der Waals surface area contributed by atoms with Gasteiger partial charge in [0.1, 0.15) is 23.3 Å². The van der Waals surface area contributed by atoms with Crippen molar-refractivity contribution in [2.45, 2.75) is 0 Å². The van der Waals surface area contributed by atoms with E-state index in [1.54, 1.807) is 0 Å². The SMILES string of the molecule is CNc1c(F)c(C#N)c(F)c(F)c1C#N. The quantitative estimate of drug-likeness (QED) is 0.721. The predicted molar refractivity (Wildman–Crippen MR) is 45.3 cm³/mol. The second kappa shape index (κ2) is 3.89. The van der Waals surface area contributed by atoms with E-state index in [2.05, 4.69) is 5.32 Å². The molecule has 0 spiro atoms. The third-order valence-corrected chi connectivity index (χ3v) is 1.79. The smallest absolute Gasteiger partial charge is 0.181 e. The lowest BCUT2D eigenvalue weighted by Crippen LogP contribution is -2.06. The summed E-state index contributed by atoms with van der Waals surface area (Å²) in [6, 6.07) is 2.51. The number of hydrogen-bond acceptors (Lipinski definition) is 3. The molecule has 3 nitrogen and oxygen atoms in total. The molecule has 1 N–H and O–H groups in total. The summed E-state index contributed by atoms with van der Waals surface area (Å²) in [5.74, 6) is -4.44. The number of anilines is 1.